The maximum Gasteiger partial charge on any atom is 0.295 e. The first-order valence-electron chi connectivity index (χ1n) is 11.4. The monoisotopic (exact) mass is 471 g/mol. The average Bonchev–Trinajstić information content (AvgIpc) is 3.35. The van der Waals surface area contributed by atoms with Crippen LogP contribution < -0.4 is 9.47 Å². The SMILES string of the molecule is COc1cc([C@@H]2C(=C(O)c3ccc4c(c3)C[C@@H](C)O4)C(=O)C(=O)N2Cc2ccccc2)ccc1O. The number of carbonyl (C=O) groups is 2. The maximum atomic E-state index is 13.3. The number of hydrogen-bond donors (Lipinski definition) is 2. The number of likely N-dealkylation sites (tertiary alicyclic amines) is 1. The molecule has 1 fully saturated rings. The lowest BCUT2D eigenvalue weighted by Gasteiger charge is -2.26. The molecule has 178 valence electrons. The van der Waals surface area contributed by atoms with Crippen molar-refractivity contribution in [3.8, 4) is 17.2 Å². The summed E-state index contributed by atoms with van der Waals surface area (Å²) in [5.41, 5.74) is 2.74. The molecule has 35 heavy (non-hydrogen) atoms. The predicted octanol–water partition coefficient (Wildman–Crippen LogP) is 4.35. The number of fused-ring (bicyclic) bond motifs is 1. The van der Waals surface area contributed by atoms with Crippen molar-refractivity contribution in [2.45, 2.75) is 32.0 Å². The Morgan fingerprint density at radius 1 is 1.09 bits per heavy atom. The van der Waals surface area contributed by atoms with Gasteiger partial charge in [-0.3, -0.25) is 9.59 Å². The molecule has 7 heteroatoms. The molecule has 2 N–H and O–H groups in total. The maximum absolute atomic E-state index is 13.3. The van der Waals surface area contributed by atoms with Crippen LogP contribution in [0.1, 0.15) is 35.2 Å². The van der Waals surface area contributed by atoms with Crippen molar-refractivity contribution in [2.24, 2.45) is 0 Å². The number of Topliss-reactive ketones (excluding diaryl/α,β-unsaturated/α-hetero) is 1. The average molecular weight is 472 g/mol. The molecule has 3 aromatic rings. The fourth-order valence-electron chi connectivity index (χ4n) is 4.76. The van der Waals surface area contributed by atoms with E-state index in [-0.39, 0.29) is 35.5 Å². The summed E-state index contributed by atoms with van der Waals surface area (Å²) in [5.74, 6) is -0.830. The number of carbonyl (C=O) groups excluding carboxylic acids is 2. The highest BCUT2D eigenvalue weighted by Crippen LogP contribution is 2.43. The summed E-state index contributed by atoms with van der Waals surface area (Å²) in [6.45, 7) is 2.14. The smallest absolute Gasteiger partial charge is 0.295 e. The molecule has 2 atom stereocenters. The van der Waals surface area contributed by atoms with E-state index < -0.39 is 17.7 Å². The minimum absolute atomic E-state index is 0.00872. The number of benzene rings is 3. The number of aromatic hydroxyl groups is 1. The second kappa shape index (κ2) is 8.83. The predicted molar refractivity (Wildman–Crippen MR) is 129 cm³/mol. The molecule has 0 aliphatic carbocycles. The Morgan fingerprint density at radius 3 is 2.60 bits per heavy atom. The minimum Gasteiger partial charge on any atom is -0.507 e. The summed E-state index contributed by atoms with van der Waals surface area (Å²) in [6.07, 6.45) is 0.723. The van der Waals surface area contributed by atoms with Crippen LogP contribution in [0.2, 0.25) is 0 Å². The Labute approximate surface area is 202 Å². The summed E-state index contributed by atoms with van der Waals surface area (Å²) < 4.78 is 11.0. The standard InChI is InChI=1S/C28H25NO6/c1-16-12-20-13-19(9-11-22(20)35-16)26(31)24-25(18-8-10-21(30)23(14-18)34-2)29(28(33)27(24)32)15-17-6-4-3-5-7-17/h3-11,13-14,16,25,30-31H,12,15H2,1-2H3/t16-,25-/m1/s1. The van der Waals surface area contributed by atoms with Crippen molar-refractivity contribution in [3.63, 3.8) is 0 Å². The van der Waals surface area contributed by atoms with Gasteiger partial charge in [0, 0.05) is 18.5 Å². The molecule has 2 aliphatic heterocycles. The molecule has 0 spiro atoms. The molecular weight excluding hydrogens is 446 g/mol. The summed E-state index contributed by atoms with van der Waals surface area (Å²) in [4.78, 5) is 28.0. The number of hydrogen-bond acceptors (Lipinski definition) is 6. The topological polar surface area (TPSA) is 96.3 Å². The third-order valence-corrected chi connectivity index (χ3v) is 6.42. The number of aliphatic hydroxyl groups is 1. The van der Waals surface area contributed by atoms with Crippen LogP contribution >= 0.6 is 0 Å². The van der Waals surface area contributed by atoms with Gasteiger partial charge in [0.15, 0.2) is 11.5 Å². The number of rotatable bonds is 5. The van der Waals surface area contributed by atoms with Gasteiger partial charge in [-0.25, -0.2) is 0 Å². The molecule has 0 bridgehead atoms. The highest BCUT2D eigenvalue weighted by Gasteiger charge is 2.46. The van der Waals surface area contributed by atoms with Crippen LogP contribution in [-0.2, 0) is 22.6 Å². The van der Waals surface area contributed by atoms with Crippen LogP contribution in [0.25, 0.3) is 5.76 Å². The molecule has 0 radical (unpaired) electrons. The molecule has 0 aromatic heterocycles. The highest BCUT2D eigenvalue weighted by atomic mass is 16.5. The number of ketones is 1. The van der Waals surface area contributed by atoms with Crippen molar-refractivity contribution in [2.75, 3.05) is 7.11 Å². The first-order valence-corrected chi connectivity index (χ1v) is 11.4. The van der Waals surface area contributed by atoms with Crippen LogP contribution in [0.4, 0.5) is 0 Å². The Hall–Kier alpha value is -4.26. The van der Waals surface area contributed by atoms with Gasteiger partial charge in [-0.15, -0.1) is 0 Å². The summed E-state index contributed by atoms with van der Waals surface area (Å²) in [7, 11) is 1.42. The van der Waals surface area contributed by atoms with Gasteiger partial charge in [0.05, 0.1) is 18.7 Å². The van der Waals surface area contributed by atoms with Gasteiger partial charge < -0.3 is 24.6 Å². The molecule has 5 rings (SSSR count). The van der Waals surface area contributed by atoms with Gasteiger partial charge in [-0.05, 0) is 53.9 Å². The zero-order chi connectivity index (χ0) is 24.7. The molecule has 3 aromatic carbocycles. The number of nitrogens with zero attached hydrogens (tertiary/aromatic N) is 1. The van der Waals surface area contributed by atoms with Gasteiger partial charge in [0.2, 0.25) is 0 Å². The number of ether oxygens (including phenoxy) is 2. The van der Waals surface area contributed by atoms with Gasteiger partial charge in [0.25, 0.3) is 11.7 Å². The van der Waals surface area contributed by atoms with E-state index in [0.717, 1.165) is 16.9 Å². The lowest BCUT2D eigenvalue weighted by Crippen LogP contribution is -2.29. The first kappa shape index (κ1) is 22.5. The van der Waals surface area contributed by atoms with E-state index >= 15 is 0 Å². The number of methoxy groups -OCH3 is 1. The quantitative estimate of drug-likeness (QED) is 0.326. The third-order valence-electron chi connectivity index (χ3n) is 6.42. The Balaban J connectivity index is 1.65. The molecule has 1 amide bonds. The van der Waals surface area contributed by atoms with Crippen molar-refractivity contribution >= 4 is 17.4 Å². The Kier molecular flexibility index (Phi) is 5.68. The van der Waals surface area contributed by atoms with Crippen molar-refractivity contribution in [3.05, 3.63) is 94.6 Å². The largest absolute Gasteiger partial charge is 0.507 e. The van der Waals surface area contributed by atoms with E-state index in [0.29, 0.717) is 17.5 Å². The van der Waals surface area contributed by atoms with Crippen molar-refractivity contribution < 1.29 is 29.3 Å². The zero-order valence-corrected chi connectivity index (χ0v) is 19.4. The van der Waals surface area contributed by atoms with Gasteiger partial charge in [-0.2, -0.15) is 0 Å². The van der Waals surface area contributed by atoms with E-state index in [1.165, 1.54) is 18.1 Å². The van der Waals surface area contributed by atoms with Crippen LogP contribution in [0.3, 0.4) is 0 Å². The highest BCUT2D eigenvalue weighted by molar-refractivity contribution is 6.46. The number of phenolic OH excluding ortho intramolecular Hbond substituents is 1. The van der Waals surface area contributed by atoms with Gasteiger partial charge >= 0.3 is 0 Å². The van der Waals surface area contributed by atoms with Crippen LogP contribution in [0.15, 0.2) is 72.3 Å². The van der Waals surface area contributed by atoms with E-state index in [9.17, 15) is 19.8 Å². The second-order valence-electron chi connectivity index (χ2n) is 8.80. The van der Waals surface area contributed by atoms with E-state index in [1.807, 2.05) is 37.3 Å². The van der Waals surface area contributed by atoms with E-state index in [4.69, 9.17) is 9.47 Å². The fourth-order valence-corrected chi connectivity index (χ4v) is 4.76. The van der Waals surface area contributed by atoms with Gasteiger partial charge in [0.1, 0.15) is 17.6 Å². The van der Waals surface area contributed by atoms with Crippen LogP contribution in [-0.4, -0.2) is 40.0 Å². The summed E-state index contributed by atoms with van der Waals surface area (Å²) >= 11 is 0. The molecule has 2 aliphatic rings. The summed E-state index contributed by atoms with van der Waals surface area (Å²) in [5, 5.41) is 21.5. The van der Waals surface area contributed by atoms with Crippen molar-refractivity contribution in [1.29, 1.82) is 0 Å². The van der Waals surface area contributed by atoms with Crippen LogP contribution in [0, 0.1) is 0 Å². The lowest BCUT2D eigenvalue weighted by atomic mass is 9.94. The fraction of sp³-hybridized carbons (Fsp3) is 0.214. The second-order valence-corrected chi connectivity index (χ2v) is 8.80. The number of amides is 1. The Morgan fingerprint density at radius 2 is 1.86 bits per heavy atom. The van der Waals surface area contributed by atoms with E-state index in [1.54, 1.807) is 30.3 Å². The Bertz CT molecular complexity index is 1350. The molecule has 0 unspecified atom stereocenters. The van der Waals surface area contributed by atoms with Crippen molar-refractivity contribution in [1.82, 2.24) is 4.90 Å². The minimum atomic E-state index is -0.867. The van der Waals surface area contributed by atoms with Gasteiger partial charge in [-0.1, -0.05) is 36.4 Å². The lowest BCUT2D eigenvalue weighted by molar-refractivity contribution is -0.140. The molecular formula is C28H25NO6. The number of aliphatic hydroxyl groups excluding tert-OH is 1. The molecule has 0 saturated carbocycles. The normalized spacial score (nSPS) is 20.6. The zero-order valence-electron chi connectivity index (χ0n) is 19.4. The molecule has 1 saturated heterocycles. The summed E-state index contributed by atoms with van der Waals surface area (Å²) in [6, 6.07) is 18.4. The van der Waals surface area contributed by atoms with E-state index in [2.05, 4.69) is 0 Å². The molecule has 2 heterocycles. The van der Waals surface area contributed by atoms with Crippen LogP contribution in [0.5, 0.6) is 17.2 Å². The number of phenols is 1. The third kappa shape index (κ3) is 3.99. The molecule has 7 nitrogen and oxygen atoms in total. The first-order chi connectivity index (χ1) is 16.9.